The molecule has 3 unspecified atom stereocenters. The Labute approximate surface area is 97.4 Å². The minimum Gasteiger partial charge on any atom is -0.393 e. The molecule has 1 rings (SSSR count). The Morgan fingerprint density at radius 2 is 2.31 bits per heavy atom. The summed E-state index contributed by atoms with van der Waals surface area (Å²) in [7, 11) is 0. The van der Waals surface area contributed by atoms with Crippen LogP contribution in [0.15, 0.2) is 0 Å². The van der Waals surface area contributed by atoms with Crippen molar-refractivity contribution in [3.8, 4) is 0 Å². The zero-order valence-electron chi connectivity index (χ0n) is 10.2. The van der Waals surface area contributed by atoms with Crippen molar-refractivity contribution in [3.63, 3.8) is 0 Å². The molecule has 94 valence electrons. The molecule has 1 fully saturated rings. The Bertz CT molecular complexity index is 220. The Morgan fingerprint density at radius 3 is 2.94 bits per heavy atom. The van der Waals surface area contributed by atoms with Crippen LogP contribution in [0.2, 0.25) is 0 Å². The first-order valence-electron chi connectivity index (χ1n) is 6.20. The molecule has 0 aliphatic heterocycles. The van der Waals surface area contributed by atoms with E-state index in [1.54, 1.807) is 6.92 Å². The molecular formula is C12H23NO3. The van der Waals surface area contributed by atoms with Gasteiger partial charge in [-0.25, -0.2) is 0 Å². The third kappa shape index (κ3) is 4.49. The molecule has 3 atom stereocenters. The van der Waals surface area contributed by atoms with E-state index in [1.165, 1.54) is 0 Å². The highest BCUT2D eigenvalue weighted by Crippen LogP contribution is 2.23. The molecule has 2 N–H and O–H groups in total. The van der Waals surface area contributed by atoms with Crippen molar-refractivity contribution in [1.82, 2.24) is 5.32 Å². The second kappa shape index (κ2) is 6.86. The van der Waals surface area contributed by atoms with Crippen molar-refractivity contribution in [2.24, 2.45) is 5.92 Å². The molecule has 0 aromatic heterocycles. The standard InChI is InChI=1S/C12H23NO3/c1-3-16-9(2)12(15)13-8-10-5-4-6-11(14)7-10/h9-11,14H,3-8H2,1-2H3,(H,13,15). The van der Waals surface area contributed by atoms with Crippen LogP contribution in [0.25, 0.3) is 0 Å². The van der Waals surface area contributed by atoms with Gasteiger partial charge in [0.2, 0.25) is 5.91 Å². The highest BCUT2D eigenvalue weighted by atomic mass is 16.5. The maximum Gasteiger partial charge on any atom is 0.248 e. The first-order valence-corrected chi connectivity index (χ1v) is 6.20. The first-order chi connectivity index (χ1) is 7.63. The first kappa shape index (κ1) is 13.5. The summed E-state index contributed by atoms with van der Waals surface area (Å²) in [6, 6.07) is 0. The van der Waals surface area contributed by atoms with Crippen molar-refractivity contribution in [2.75, 3.05) is 13.2 Å². The Balaban J connectivity index is 2.20. The fourth-order valence-corrected chi connectivity index (χ4v) is 2.16. The predicted octanol–water partition coefficient (Wildman–Crippen LogP) is 1.08. The van der Waals surface area contributed by atoms with E-state index in [0.717, 1.165) is 25.7 Å². The predicted molar refractivity (Wildman–Crippen MR) is 62.1 cm³/mol. The summed E-state index contributed by atoms with van der Waals surface area (Å²) in [5, 5.41) is 12.4. The summed E-state index contributed by atoms with van der Waals surface area (Å²) < 4.78 is 5.20. The van der Waals surface area contributed by atoms with Gasteiger partial charge in [-0.3, -0.25) is 4.79 Å². The average Bonchev–Trinajstić information content (AvgIpc) is 2.26. The Hall–Kier alpha value is -0.610. The van der Waals surface area contributed by atoms with Gasteiger partial charge in [0, 0.05) is 13.2 Å². The molecular weight excluding hydrogens is 206 g/mol. The van der Waals surface area contributed by atoms with Crippen molar-refractivity contribution in [3.05, 3.63) is 0 Å². The lowest BCUT2D eigenvalue weighted by molar-refractivity contribution is -0.131. The largest absolute Gasteiger partial charge is 0.393 e. The van der Waals surface area contributed by atoms with E-state index in [9.17, 15) is 9.90 Å². The van der Waals surface area contributed by atoms with Crippen molar-refractivity contribution in [1.29, 1.82) is 0 Å². The molecule has 1 saturated carbocycles. The van der Waals surface area contributed by atoms with Crippen LogP contribution in [-0.2, 0) is 9.53 Å². The summed E-state index contributed by atoms with van der Waals surface area (Å²) in [5.41, 5.74) is 0. The number of amides is 1. The Morgan fingerprint density at radius 1 is 1.56 bits per heavy atom. The molecule has 4 heteroatoms. The van der Waals surface area contributed by atoms with Crippen LogP contribution < -0.4 is 5.32 Å². The van der Waals surface area contributed by atoms with E-state index in [4.69, 9.17) is 4.74 Å². The zero-order valence-corrected chi connectivity index (χ0v) is 10.2. The molecule has 1 aliphatic rings. The highest BCUT2D eigenvalue weighted by molar-refractivity contribution is 5.80. The third-order valence-corrected chi connectivity index (χ3v) is 3.11. The van der Waals surface area contributed by atoms with Gasteiger partial charge in [-0.1, -0.05) is 6.42 Å². The summed E-state index contributed by atoms with van der Waals surface area (Å²) in [6.07, 6.45) is 3.31. The summed E-state index contributed by atoms with van der Waals surface area (Å²) in [6.45, 7) is 4.85. The van der Waals surface area contributed by atoms with Crippen molar-refractivity contribution in [2.45, 2.75) is 51.7 Å². The lowest BCUT2D eigenvalue weighted by atomic mass is 9.87. The number of carbonyl (C=O) groups excluding carboxylic acids is 1. The quantitative estimate of drug-likeness (QED) is 0.741. The number of hydrogen-bond donors (Lipinski definition) is 2. The fourth-order valence-electron chi connectivity index (χ4n) is 2.16. The summed E-state index contributed by atoms with van der Waals surface area (Å²) >= 11 is 0. The van der Waals surface area contributed by atoms with Crippen LogP contribution in [0.3, 0.4) is 0 Å². The van der Waals surface area contributed by atoms with Crippen LogP contribution in [0.5, 0.6) is 0 Å². The third-order valence-electron chi connectivity index (χ3n) is 3.11. The second-order valence-electron chi connectivity index (χ2n) is 4.53. The SMILES string of the molecule is CCOC(C)C(=O)NCC1CCCC(O)C1. The van der Waals surface area contributed by atoms with Crippen LogP contribution >= 0.6 is 0 Å². The average molecular weight is 229 g/mol. The topological polar surface area (TPSA) is 58.6 Å². The van der Waals surface area contributed by atoms with E-state index in [0.29, 0.717) is 19.1 Å². The van der Waals surface area contributed by atoms with E-state index >= 15 is 0 Å². The molecule has 0 bridgehead atoms. The number of aliphatic hydroxyl groups is 1. The minimum atomic E-state index is -0.376. The molecule has 0 radical (unpaired) electrons. The van der Waals surface area contributed by atoms with Crippen molar-refractivity contribution >= 4 is 5.91 Å². The minimum absolute atomic E-state index is 0.0538. The van der Waals surface area contributed by atoms with Gasteiger partial charge in [0.1, 0.15) is 6.10 Å². The zero-order chi connectivity index (χ0) is 12.0. The van der Waals surface area contributed by atoms with Crippen LogP contribution in [0.1, 0.15) is 39.5 Å². The second-order valence-corrected chi connectivity index (χ2v) is 4.53. The fraction of sp³-hybridized carbons (Fsp3) is 0.917. The molecule has 1 amide bonds. The number of carbonyl (C=O) groups is 1. The van der Waals surface area contributed by atoms with Gasteiger partial charge < -0.3 is 15.2 Å². The number of rotatable bonds is 5. The molecule has 1 aliphatic carbocycles. The number of aliphatic hydroxyl groups excluding tert-OH is 1. The number of nitrogens with one attached hydrogen (secondary N) is 1. The number of ether oxygens (including phenoxy) is 1. The van der Waals surface area contributed by atoms with Crippen LogP contribution in [-0.4, -0.2) is 36.4 Å². The van der Waals surface area contributed by atoms with Gasteiger partial charge in [-0.2, -0.15) is 0 Å². The van der Waals surface area contributed by atoms with Gasteiger partial charge in [0.05, 0.1) is 6.10 Å². The van der Waals surface area contributed by atoms with Gasteiger partial charge >= 0.3 is 0 Å². The molecule has 0 heterocycles. The smallest absolute Gasteiger partial charge is 0.248 e. The highest BCUT2D eigenvalue weighted by Gasteiger charge is 2.21. The lowest BCUT2D eigenvalue weighted by Crippen LogP contribution is -2.38. The van der Waals surface area contributed by atoms with Gasteiger partial charge in [-0.15, -0.1) is 0 Å². The van der Waals surface area contributed by atoms with Crippen molar-refractivity contribution < 1.29 is 14.6 Å². The van der Waals surface area contributed by atoms with Gasteiger partial charge in [-0.05, 0) is 39.0 Å². The van der Waals surface area contributed by atoms with E-state index in [2.05, 4.69) is 5.32 Å². The van der Waals surface area contributed by atoms with Gasteiger partial charge in [0.25, 0.3) is 0 Å². The van der Waals surface area contributed by atoms with Crippen LogP contribution in [0.4, 0.5) is 0 Å². The van der Waals surface area contributed by atoms with E-state index < -0.39 is 0 Å². The maximum atomic E-state index is 11.6. The molecule has 0 saturated heterocycles. The molecule has 4 nitrogen and oxygen atoms in total. The van der Waals surface area contributed by atoms with Crippen LogP contribution in [0, 0.1) is 5.92 Å². The number of hydrogen-bond acceptors (Lipinski definition) is 3. The molecule has 16 heavy (non-hydrogen) atoms. The van der Waals surface area contributed by atoms with E-state index in [1.807, 2.05) is 6.92 Å². The Kier molecular flexibility index (Phi) is 5.77. The van der Waals surface area contributed by atoms with Gasteiger partial charge in [0.15, 0.2) is 0 Å². The van der Waals surface area contributed by atoms with E-state index in [-0.39, 0.29) is 18.1 Å². The molecule has 0 aromatic rings. The molecule has 0 aromatic carbocycles. The lowest BCUT2D eigenvalue weighted by Gasteiger charge is -2.26. The summed E-state index contributed by atoms with van der Waals surface area (Å²) in [4.78, 5) is 11.6. The maximum absolute atomic E-state index is 11.6. The summed E-state index contributed by atoms with van der Waals surface area (Å²) in [5.74, 6) is 0.364. The molecule has 0 spiro atoms. The monoisotopic (exact) mass is 229 g/mol. The normalized spacial score (nSPS) is 27.4.